The highest BCUT2D eigenvalue weighted by Gasteiger charge is 2.35. The van der Waals surface area contributed by atoms with Gasteiger partial charge in [0.15, 0.2) is 0 Å². The fourth-order valence-corrected chi connectivity index (χ4v) is 4.27. The lowest BCUT2D eigenvalue weighted by Gasteiger charge is -2.19. The summed E-state index contributed by atoms with van der Waals surface area (Å²) < 4.78 is 80.4. The molecule has 0 saturated heterocycles. The lowest BCUT2D eigenvalue weighted by atomic mass is 10.1. The van der Waals surface area contributed by atoms with Gasteiger partial charge in [-0.3, -0.25) is 4.57 Å². The largest absolute Gasteiger partial charge is 0.494 e. The van der Waals surface area contributed by atoms with Gasteiger partial charge in [0.25, 0.3) is 0 Å². The summed E-state index contributed by atoms with van der Waals surface area (Å²) >= 11 is 0.953. The number of ether oxygens (including phenoxy) is 2. The summed E-state index contributed by atoms with van der Waals surface area (Å²) in [6, 6.07) is 9.10. The summed E-state index contributed by atoms with van der Waals surface area (Å²) in [4.78, 5) is 8.84. The summed E-state index contributed by atoms with van der Waals surface area (Å²) in [7, 11) is -3.20. The molecule has 0 fully saturated rings. The second-order valence-corrected chi connectivity index (χ2v) is 9.75. The molecule has 1 aromatic heterocycles. The molecule has 0 aliphatic carbocycles. The van der Waals surface area contributed by atoms with Crippen molar-refractivity contribution in [3.8, 4) is 22.1 Å². The molecule has 8 nitrogen and oxygen atoms in total. The van der Waals surface area contributed by atoms with E-state index in [1.165, 1.54) is 43.3 Å². The molecule has 3 N–H and O–H groups in total. The third kappa shape index (κ3) is 7.97. The number of nitrogens with zero attached hydrogens (tertiary/aromatic N) is 2. The van der Waals surface area contributed by atoms with Crippen molar-refractivity contribution in [1.82, 2.24) is 10.2 Å². The van der Waals surface area contributed by atoms with Gasteiger partial charge in [0.2, 0.25) is 0 Å². The van der Waals surface area contributed by atoms with E-state index >= 15 is 0 Å². The highest BCUT2D eigenvalue weighted by Crippen LogP contribution is 2.40. The van der Waals surface area contributed by atoms with E-state index in [9.17, 15) is 22.1 Å². The Morgan fingerprint density at radius 1 is 1.06 bits per heavy atom. The van der Waals surface area contributed by atoms with Gasteiger partial charge in [0.05, 0.1) is 30.9 Å². The fraction of sp³-hybridized carbons (Fsp3) is 0.364. The summed E-state index contributed by atoms with van der Waals surface area (Å²) in [5.41, 5.74) is 4.00. The van der Waals surface area contributed by atoms with Crippen LogP contribution >= 0.6 is 19.6 Å². The minimum Gasteiger partial charge on any atom is -0.494 e. The number of nitrogens with two attached hydrogens (primary N) is 1. The van der Waals surface area contributed by atoms with Crippen LogP contribution in [0.2, 0.25) is 0 Å². The standard InChI is InChI=1S/C22H24F4N3O5PS/c1-21(27,13-34-35(30)31)20-29-28-19(36-20)14-4-9-18(17(12-14)22(24,25)26)33-11-3-2-10-32-16-7-5-15(23)6-8-16/h4-9,12,35H,2-3,10-11,13,27H2,1H3,(H,30,31)/t21-/m0/s1. The van der Waals surface area contributed by atoms with Crippen LogP contribution < -0.4 is 15.2 Å². The fourth-order valence-electron chi connectivity index (χ4n) is 2.96. The van der Waals surface area contributed by atoms with E-state index < -0.39 is 25.5 Å². The number of aromatic nitrogens is 2. The molecular formula is C22H24F4N3O5PS. The van der Waals surface area contributed by atoms with E-state index in [0.717, 1.165) is 17.4 Å². The van der Waals surface area contributed by atoms with Crippen molar-refractivity contribution in [2.24, 2.45) is 5.73 Å². The Hall–Kier alpha value is -2.57. The number of unbranched alkanes of at least 4 members (excludes halogenated alkanes) is 1. The monoisotopic (exact) mass is 549 g/mol. The van der Waals surface area contributed by atoms with Crippen LogP contribution in [0.3, 0.4) is 0 Å². The van der Waals surface area contributed by atoms with Crippen LogP contribution in [0.5, 0.6) is 11.5 Å². The topological polar surface area (TPSA) is 117 Å². The van der Waals surface area contributed by atoms with Gasteiger partial charge in [-0.15, -0.1) is 10.2 Å². The number of alkyl halides is 3. The molecule has 36 heavy (non-hydrogen) atoms. The van der Waals surface area contributed by atoms with E-state index in [-0.39, 0.29) is 40.4 Å². The molecular weight excluding hydrogens is 525 g/mol. The summed E-state index contributed by atoms with van der Waals surface area (Å²) in [5.74, 6) is -0.196. The van der Waals surface area contributed by atoms with Crippen LogP contribution in [0, 0.1) is 5.82 Å². The number of hydrogen-bond acceptors (Lipinski definition) is 8. The maximum Gasteiger partial charge on any atom is 0.419 e. The molecule has 3 rings (SSSR count). The van der Waals surface area contributed by atoms with Crippen LogP contribution in [0.4, 0.5) is 17.6 Å². The van der Waals surface area contributed by atoms with E-state index in [2.05, 4.69) is 14.7 Å². The Kier molecular flexibility index (Phi) is 9.42. The van der Waals surface area contributed by atoms with Crippen LogP contribution in [-0.2, 0) is 20.8 Å². The molecule has 0 bridgehead atoms. The molecule has 14 heteroatoms. The predicted octanol–water partition coefficient (Wildman–Crippen LogP) is 5.17. The second-order valence-electron chi connectivity index (χ2n) is 7.95. The zero-order chi connectivity index (χ0) is 26.3. The van der Waals surface area contributed by atoms with Gasteiger partial charge < -0.3 is 24.6 Å². The van der Waals surface area contributed by atoms with E-state index in [1.807, 2.05) is 0 Å². The molecule has 0 saturated carbocycles. The Labute approximate surface area is 209 Å². The van der Waals surface area contributed by atoms with Crippen LogP contribution in [0.1, 0.15) is 30.3 Å². The normalized spacial score (nSPS) is 14.3. The van der Waals surface area contributed by atoms with Gasteiger partial charge in [-0.05, 0) is 62.2 Å². The van der Waals surface area contributed by atoms with Gasteiger partial charge >= 0.3 is 14.4 Å². The van der Waals surface area contributed by atoms with Crippen molar-refractivity contribution in [1.29, 1.82) is 0 Å². The second kappa shape index (κ2) is 12.1. The van der Waals surface area contributed by atoms with Gasteiger partial charge in [0.1, 0.15) is 27.3 Å². The Morgan fingerprint density at radius 3 is 2.36 bits per heavy atom. The highest BCUT2D eigenvalue weighted by atomic mass is 32.1. The minimum atomic E-state index is -4.67. The molecule has 196 valence electrons. The molecule has 0 amide bonds. The smallest absolute Gasteiger partial charge is 0.419 e. The summed E-state index contributed by atoms with van der Waals surface area (Å²) in [6.45, 7) is 1.54. The number of benzene rings is 2. The average Bonchev–Trinajstić information content (AvgIpc) is 3.32. The van der Waals surface area contributed by atoms with Crippen LogP contribution in [-0.4, -0.2) is 34.9 Å². The first kappa shape index (κ1) is 28.0. The maximum atomic E-state index is 13.7. The van der Waals surface area contributed by atoms with Gasteiger partial charge in [0, 0.05) is 5.56 Å². The van der Waals surface area contributed by atoms with Crippen molar-refractivity contribution in [2.75, 3.05) is 19.8 Å². The molecule has 2 aromatic carbocycles. The zero-order valence-corrected chi connectivity index (χ0v) is 20.9. The van der Waals surface area contributed by atoms with Crippen molar-refractivity contribution in [2.45, 2.75) is 31.5 Å². The number of hydrogen-bond donors (Lipinski definition) is 2. The number of rotatable bonds is 12. The van der Waals surface area contributed by atoms with Crippen molar-refractivity contribution in [3.05, 3.63) is 58.9 Å². The maximum absolute atomic E-state index is 13.7. The summed E-state index contributed by atoms with van der Waals surface area (Å²) in [5, 5.41) is 8.25. The van der Waals surface area contributed by atoms with Crippen LogP contribution in [0.25, 0.3) is 10.6 Å². The molecule has 1 heterocycles. The lowest BCUT2D eigenvalue weighted by molar-refractivity contribution is -0.138. The molecule has 1 unspecified atom stereocenters. The zero-order valence-electron chi connectivity index (χ0n) is 19.0. The Balaban J connectivity index is 1.62. The average molecular weight is 549 g/mol. The van der Waals surface area contributed by atoms with E-state index in [0.29, 0.717) is 25.2 Å². The van der Waals surface area contributed by atoms with Gasteiger partial charge in [-0.25, -0.2) is 4.39 Å². The van der Waals surface area contributed by atoms with E-state index in [1.54, 1.807) is 0 Å². The molecule has 3 aromatic rings. The van der Waals surface area contributed by atoms with Crippen molar-refractivity contribution in [3.63, 3.8) is 0 Å². The first-order valence-corrected chi connectivity index (χ1v) is 12.7. The summed E-state index contributed by atoms with van der Waals surface area (Å²) in [6.07, 6.45) is -3.71. The van der Waals surface area contributed by atoms with Crippen molar-refractivity contribution >= 4 is 19.6 Å². The quantitative estimate of drug-likeness (QED) is 0.181. The predicted molar refractivity (Wildman–Crippen MR) is 126 cm³/mol. The van der Waals surface area contributed by atoms with Crippen molar-refractivity contribution < 1.29 is 41.0 Å². The third-order valence-corrected chi connectivity index (χ3v) is 6.46. The highest BCUT2D eigenvalue weighted by molar-refractivity contribution is 7.32. The third-order valence-electron chi connectivity index (χ3n) is 4.82. The molecule has 0 aliphatic rings. The Morgan fingerprint density at radius 2 is 1.72 bits per heavy atom. The van der Waals surface area contributed by atoms with Gasteiger partial charge in [-0.1, -0.05) is 11.3 Å². The molecule has 0 radical (unpaired) electrons. The van der Waals surface area contributed by atoms with E-state index in [4.69, 9.17) is 20.1 Å². The molecule has 0 spiro atoms. The SMILES string of the molecule is C[C@](N)(CO[PH](=O)O)c1nnc(-c2ccc(OCCCCOc3ccc(F)cc3)c(C(F)(F)F)c2)s1. The Bertz CT molecular complexity index is 1180. The number of halogens is 4. The first-order chi connectivity index (χ1) is 17.0. The molecule has 2 atom stereocenters. The van der Waals surface area contributed by atoms with Gasteiger partial charge in [-0.2, -0.15) is 13.2 Å². The minimum absolute atomic E-state index is 0.0394. The molecule has 0 aliphatic heterocycles. The van der Waals surface area contributed by atoms with Crippen LogP contribution in [0.15, 0.2) is 42.5 Å². The first-order valence-electron chi connectivity index (χ1n) is 10.7. The lowest BCUT2D eigenvalue weighted by Crippen LogP contribution is -2.37.